The highest BCUT2D eigenvalue weighted by molar-refractivity contribution is 5.29. The lowest BCUT2D eigenvalue weighted by atomic mass is 9.93. The van der Waals surface area contributed by atoms with Crippen molar-refractivity contribution in [3.05, 3.63) is 59.4 Å². The van der Waals surface area contributed by atoms with Crippen LogP contribution in [0, 0.1) is 0 Å². The molecule has 0 spiro atoms. The number of aromatic nitrogens is 1. The second-order valence-corrected chi connectivity index (χ2v) is 5.47. The molecule has 0 radical (unpaired) electrons. The predicted octanol–water partition coefficient (Wildman–Crippen LogP) is 3.49. The van der Waals surface area contributed by atoms with Crippen molar-refractivity contribution in [1.82, 2.24) is 4.57 Å². The summed E-state index contributed by atoms with van der Waals surface area (Å²) in [6, 6.07) is 10.6. The second-order valence-electron chi connectivity index (χ2n) is 5.47. The lowest BCUT2D eigenvalue weighted by Gasteiger charge is -2.16. The average Bonchev–Trinajstić information content (AvgIpc) is 2.84. The van der Waals surface area contributed by atoms with Crippen LogP contribution in [0.4, 0.5) is 0 Å². The highest BCUT2D eigenvalue weighted by Gasteiger charge is 2.19. The number of aliphatic hydroxyl groups excluding tert-OH is 1. The molecule has 1 unspecified atom stereocenters. The predicted molar refractivity (Wildman–Crippen MR) is 77.1 cm³/mol. The van der Waals surface area contributed by atoms with Crippen LogP contribution in [0.15, 0.2) is 42.7 Å². The molecule has 1 N–H and O–H groups in total. The van der Waals surface area contributed by atoms with E-state index in [0.29, 0.717) is 0 Å². The van der Waals surface area contributed by atoms with Gasteiger partial charge in [0.25, 0.3) is 0 Å². The lowest BCUT2D eigenvalue weighted by molar-refractivity contribution is 0.157. The first kappa shape index (κ1) is 12.5. The third-order valence-corrected chi connectivity index (χ3v) is 4.00. The standard InChI is InChI=1S/C17H21NO/c19-17-10-4-9-15-12-18(13-16(15)17)11-5-8-14-6-2-1-3-7-14/h1-3,6-7,12-13,17,19H,4-5,8-11H2. The van der Waals surface area contributed by atoms with Gasteiger partial charge in [-0.15, -0.1) is 0 Å². The van der Waals surface area contributed by atoms with Crippen molar-refractivity contribution in [2.75, 3.05) is 0 Å². The third kappa shape index (κ3) is 2.90. The molecule has 1 atom stereocenters. The van der Waals surface area contributed by atoms with E-state index in [1.54, 1.807) is 0 Å². The minimum atomic E-state index is -0.237. The van der Waals surface area contributed by atoms with E-state index in [-0.39, 0.29) is 6.10 Å². The summed E-state index contributed by atoms with van der Waals surface area (Å²) >= 11 is 0. The van der Waals surface area contributed by atoms with E-state index < -0.39 is 0 Å². The van der Waals surface area contributed by atoms with E-state index in [1.165, 1.54) is 11.1 Å². The van der Waals surface area contributed by atoms with Gasteiger partial charge in [-0.25, -0.2) is 0 Å². The second kappa shape index (κ2) is 5.62. The maximum atomic E-state index is 9.96. The number of nitrogens with zero attached hydrogens (tertiary/aromatic N) is 1. The van der Waals surface area contributed by atoms with Crippen LogP contribution in [-0.2, 0) is 19.4 Å². The van der Waals surface area contributed by atoms with Gasteiger partial charge in [0, 0.05) is 24.5 Å². The number of benzene rings is 1. The number of hydrogen-bond donors (Lipinski definition) is 1. The molecule has 0 bridgehead atoms. The molecular weight excluding hydrogens is 234 g/mol. The van der Waals surface area contributed by atoms with Crippen LogP contribution < -0.4 is 0 Å². The first-order valence-electron chi connectivity index (χ1n) is 7.23. The number of rotatable bonds is 4. The molecular formula is C17H21NO. The molecule has 1 aromatic carbocycles. The van der Waals surface area contributed by atoms with Crippen molar-refractivity contribution in [2.45, 2.75) is 44.8 Å². The average molecular weight is 255 g/mol. The van der Waals surface area contributed by atoms with Gasteiger partial charge in [0.1, 0.15) is 0 Å². The van der Waals surface area contributed by atoms with E-state index >= 15 is 0 Å². The molecule has 0 saturated heterocycles. The molecule has 2 nitrogen and oxygen atoms in total. The zero-order chi connectivity index (χ0) is 13.1. The number of aryl methyl sites for hydroxylation is 3. The fourth-order valence-corrected chi connectivity index (χ4v) is 2.96. The van der Waals surface area contributed by atoms with Gasteiger partial charge in [-0.05, 0) is 43.2 Å². The van der Waals surface area contributed by atoms with Gasteiger partial charge < -0.3 is 9.67 Å². The van der Waals surface area contributed by atoms with E-state index in [9.17, 15) is 5.11 Å². The Hall–Kier alpha value is -1.54. The SMILES string of the molecule is OC1CCCc2cn(CCCc3ccccc3)cc21. The Labute approximate surface area is 114 Å². The smallest absolute Gasteiger partial charge is 0.0807 e. The molecule has 1 aliphatic rings. The fraction of sp³-hybridized carbons (Fsp3) is 0.412. The van der Waals surface area contributed by atoms with Gasteiger partial charge in [0.05, 0.1) is 6.10 Å². The van der Waals surface area contributed by atoms with Crippen LogP contribution in [0.3, 0.4) is 0 Å². The molecule has 2 aromatic rings. The van der Waals surface area contributed by atoms with Gasteiger partial charge in [0.15, 0.2) is 0 Å². The molecule has 0 aliphatic heterocycles. The Morgan fingerprint density at radius 2 is 2.00 bits per heavy atom. The Morgan fingerprint density at radius 3 is 2.79 bits per heavy atom. The van der Waals surface area contributed by atoms with Crippen LogP contribution in [0.25, 0.3) is 0 Å². The van der Waals surface area contributed by atoms with Gasteiger partial charge >= 0.3 is 0 Å². The summed E-state index contributed by atoms with van der Waals surface area (Å²) < 4.78 is 2.25. The van der Waals surface area contributed by atoms with Crippen LogP contribution in [0.1, 0.15) is 42.1 Å². The van der Waals surface area contributed by atoms with Crippen molar-refractivity contribution >= 4 is 0 Å². The zero-order valence-electron chi connectivity index (χ0n) is 11.3. The largest absolute Gasteiger partial charge is 0.388 e. The molecule has 0 amide bonds. The fourth-order valence-electron chi connectivity index (χ4n) is 2.96. The summed E-state index contributed by atoms with van der Waals surface area (Å²) in [5, 5.41) is 9.96. The first-order valence-corrected chi connectivity index (χ1v) is 7.23. The van der Waals surface area contributed by atoms with E-state index in [4.69, 9.17) is 0 Å². The summed E-state index contributed by atoms with van der Waals surface area (Å²) in [6.07, 6.45) is 9.55. The highest BCUT2D eigenvalue weighted by atomic mass is 16.3. The Morgan fingerprint density at radius 1 is 1.16 bits per heavy atom. The number of hydrogen-bond acceptors (Lipinski definition) is 1. The molecule has 100 valence electrons. The van der Waals surface area contributed by atoms with Gasteiger partial charge in [0.2, 0.25) is 0 Å². The monoisotopic (exact) mass is 255 g/mol. The van der Waals surface area contributed by atoms with Crippen molar-refractivity contribution in [1.29, 1.82) is 0 Å². The molecule has 1 aromatic heterocycles. The van der Waals surface area contributed by atoms with Crippen molar-refractivity contribution in [3.63, 3.8) is 0 Å². The minimum absolute atomic E-state index is 0.237. The normalized spacial score (nSPS) is 18.3. The Kier molecular flexibility index (Phi) is 3.69. The number of fused-ring (bicyclic) bond motifs is 1. The van der Waals surface area contributed by atoms with Gasteiger partial charge in [-0.3, -0.25) is 0 Å². The summed E-state index contributed by atoms with van der Waals surface area (Å²) in [6.45, 7) is 1.04. The molecule has 0 fully saturated rings. The Balaban J connectivity index is 1.59. The topological polar surface area (TPSA) is 25.2 Å². The number of aliphatic hydroxyl groups is 1. The van der Waals surface area contributed by atoms with E-state index in [1.807, 2.05) is 0 Å². The molecule has 1 aliphatic carbocycles. The molecule has 2 heteroatoms. The molecule has 3 rings (SSSR count). The van der Waals surface area contributed by atoms with Crippen LogP contribution in [-0.4, -0.2) is 9.67 Å². The summed E-state index contributed by atoms with van der Waals surface area (Å²) in [5.41, 5.74) is 3.91. The summed E-state index contributed by atoms with van der Waals surface area (Å²) in [7, 11) is 0. The lowest BCUT2D eigenvalue weighted by Crippen LogP contribution is -2.05. The highest BCUT2D eigenvalue weighted by Crippen LogP contribution is 2.30. The maximum Gasteiger partial charge on any atom is 0.0807 e. The zero-order valence-corrected chi connectivity index (χ0v) is 11.3. The van der Waals surface area contributed by atoms with Gasteiger partial charge in [-0.2, -0.15) is 0 Å². The first-order chi connectivity index (χ1) is 9.33. The van der Waals surface area contributed by atoms with E-state index in [2.05, 4.69) is 47.3 Å². The van der Waals surface area contributed by atoms with Crippen molar-refractivity contribution in [3.8, 4) is 0 Å². The maximum absolute atomic E-state index is 9.96. The molecule has 1 heterocycles. The van der Waals surface area contributed by atoms with Crippen LogP contribution >= 0.6 is 0 Å². The van der Waals surface area contributed by atoms with Crippen LogP contribution in [0.5, 0.6) is 0 Å². The van der Waals surface area contributed by atoms with Crippen molar-refractivity contribution < 1.29 is 5.11 Å². The molecule has 0 saturated carbocycles. The third-order valence-electron chi connectivity index (χ3n) is 4.00. The van der Waals surface area contributed by atoms with Gasteiger partial charge in [-0.1, -0.05) is 30.3 Å². The van der Waals surface area contributed by atoms with Crippen molar-refractivity contribution in [2.24, 2.45) is 0 Å². The summed E-state index contributed by atoms with van der Waals surface area (Å²) in [5.74, 6) is 0. The quantitative estimate of drug-likeness (QED) is 0.889. The van der Waals surface area contributed by atoms with Crippen LogP contribution in [0.2, 0.25) is 0 Å². The summed E-state index contributed by atoms with van der Waals surface area (Å²) in [4.78, 5) is 0. The van der Waals surface area contributed by atoms with E-state index in [0.717, 1.165) is 44.2 Å². The molecule has 19 heavy (non-hydrogen) atoms. The minimum Gasteiger partial charge on any atom is -0.388 e. The Bertz CT molecular complexity index is 529.